The minimum Gasteiger partial charge on any atom is -0.462 e. The van der Waals surface area contributed by atoms with Gasteiger partial charge in [0.2, 0.25) is 0 Å². The fourth-order valence-corrected chi connectivity index (χ4v) is 9.67. The smallest absolute Gasteiger partial charge is 0.302 e. The van der Waals surface area contributed by atoms with Gasteiger partial charge in [0.15, 0.2) is 0 Å². The number of hydrogen-bond donors (Lipinski definition) is 0. The average molecular weight is 503 g/mol. The Morgan fingerprint density at radius 2 is 1.64 bits per heavy atom. The summed E-state index contributed by atoms with van der Waals surface area (Å²) in [5.41, 5.74) is 0.441. The van der Waals surface area contributed by atoms with Crippen LogP contribution in [0.3, 0.4) is 0 Å². The minimum absolute atomic E-state index is 0.0109. The van der Waals surface area contributed by atoms with Crippen LogP contribution in [-0.4, -0.2) is 29.9 Å². The third kappa shape index (κ3) is 5.01. The Morgan fingerprint density at radius 1 is 0.944 bits per heavy atom. The van der Waals surface area contributed by atoms with Crippen molar-refractivity contribution in [3.8, 4) is 0 Å². The van der Waals surface area contributed by atoms with Crippen molar-refractivity contribution in [3.63, 3.8) is 0 Å². The molecular formula is C31H50O5. The lowest BCUT2D eigenvalue weighted by Gasteiger charge is -2.62. The van der Waals surface area contributed by atoms with Crippen LogP contribution in [0, 0.1) is 52.3 Å². The van der Waals surface area contributed by atoms with Gasteiger partial charge in [-0.1, -0.05) is 34.6 Å². The fourth-order valence-electron chi connectivity index (χ4n) is 9.67. The summed E-state index contributed by atoms with van der Waals surface area (Å²) in [5.74, 6) is 3.43. The molecule has 4 saturated carbocycles. The van der Waals surface area contributed by atoms with E-state index in [1.54, 1.807) is 6.92 Å². The minimum atomic E-state index is -0.183. The first-order chi connectivity index (χ1) is 16.9. The number of carbonyl (C=O) groups is 3. The highest BCUT2D eigenvalue weighted by Crippen LogP contribution is 2.68. The van der Waals surface area contributed by atoms with E-state index < -0.39 is 0 Å². The first-order valence-corrected chi connectivity index (χ1v) is 14.7. The maximum Gasteiger partial charge on any atom is 0.302 e. The lowest BCUT2D eigenvalue weighted by atomic mass is 9.43. The maximum absolute atomic E-state index is 12.4. The molecule has 0 aromatic heterocycles. The predicted molar refractivity (Wildman–Crippen MR) is 140 cm³/mol. The van der Waals surface area contributed by atoms with Gasteiger partial charge in [0, 0.05) is 32.6 Å². The number of hydrogen-bond acceptors (Lipinski definition) is 5. The first-order valence-electron chi connectivity index (χ1n) is 14.7. The van der Waals surface area contributed by atoms with Crippen LogP contribution in [-0.2, 0) is 23.9 Å². The SMILES string of the molecule is CC(=O)O[C@H](CC[C@@H](C)[C@H]1CC[C@H]2[C@@H]3[C@H](OC(C)=O)C[C@H]4CC(=O)CC[C@]4(C)[C@H]3CC[C@]12C)C(C)C. The molecule has 0 aromatic carbocycles. The van der Waals surface area contributed by atoms with Crippen molar-refractivity contribution in [1.82, 2.24) is 0 Å². The van der Waals surface area contributed by atoms with Gasteiger partial charge in [-0.15, -0.1) is 0 Å². The van der Waals surface area contributed by atoms with E-state index in [9.17, 15) is 14.4 Å². The Morgan fingerprint density at radius 3 is 2.28 bits per heavy atom. The van der Waals surface area contributed by atoms with E-state index in [1.165, 1.54) is 32.6 Å². The second-order valence-electron chi connectivity index (χ2n) is 13.8. The predicted octanol–water partition coefficient (Wildman–Crippen LogP) is 6.76. The van der Waals surface area contributed by atoms with Gasteiger partial charge in [-0.3, -0.25) is 14.4 Å². The third-order valence-electron chi connectivity index (χ3n) is 11.5. The molecule has 204 valence electrons. The number of rotatable bonds is 7. The van der Waals surface area contributed by atoms with E-state index in [0.717, 1.165) is 32.1 Å². The zero-order valence-corrected chi connectivity index (χ0v) is 23.8. The van der Waals surface area contributed by atoms with Crippen molar-refractivity contribution in [1.29, 1.82) is 0 Å². The summed E-state index contributed by atoms with van der Waals surface area (Å²) in [6.45, 7) is 14.7. The quantitative estimate of drug-likeness (QED) is 0.360. The Hall–Kier alpha value is -1.39. The van der Waals surface area contributed by atoms with Crippen LogP contribution in [0.5, 0.6) is 0 Å². The van der Waals surface area contributed by atoms with Crippen LogP contribution in [0.1, 0.15) is 113 Å². The monoisotopic (exact) mass is 502 g/mol. The second-order valence-corrected chi connectivity index (χ2v) is 13.8. The number of fused-ring (bicyclic) bond motifs is 5. The van der Waals surface area contributed by atoms with E-state index in [2.05, 4.69) is 34.6 Å². The molecule has 0 saturated heterocycles. The van der Waals surface area contributed by atoms with Crippen LogP contribution in [0.25, 0.3) is 0 Å². The lowest BCUT2D eigenvalue weighted by Crippen LogP contribution is -2.59. The van der Waals surface area contributed by atoms with Crippen LogP contribution in [0.4, 0.5) is 0 Å². The molecule has 0 N–H and O–H groups in total. The lowest BCUT2D eigenvalue weighted by molar-refractivity contribution is -0.189. The van der Waals surface area contributed by atoms with Crippen molar-refractivity contribution in [2.75, 3.05) is 0 Å². The Balaban J connectivity index is 1.54. The van der Waals surface area contributed by atoms with Gasteiger partial charge in [-0.25, -0.2) is 0 Å². The van der Waals surface area contributed by atoms with Gasteiger partial charge < -0.3 is 9.47 Å². The van der Waals surface area contributed by atoms with Crippen molar-refractivity contribution < 1.29 is 23.9 Å². The van der Waals surface area contributed by atoms with E-state index in [1.807, 2.05) is 0 Å². The van der Waals surface area contributed by atoms with Crippen molar-refractivity contribution >= 4 is 17.7 Å². The third-order valence-corrected chi connectivity index (χ3v) is 11.5. The van der Waals surface area contributed by atoms with E-state index in [0.29, 0.717) is 53.6 Å². The molecule has 5 nitrogen and oxygen atoms in total. The highest BCUT2D eigenvalue weighted by Gasteiger charge is 2.63. The molecule has 4 aliphatic carbocycles. The van der Waals surface area contributed by atoms with Gasteiger partial charge >= 0.3 is 11.9 Å². The van der Waals surface area contributed by atoms with Crippen LogP contribution < -0.4 is 0 Å². The molecule has 0 unspecified atom stereocenters. The highest BCUT2D eigenvalue weighted by atomic mass is 16.5. The first kappa shape index (κ1) is 27.6. The van der Waals surface area contributed by atoms with Gasteiger partial charge in [-0.05, 0) is 97.7 Å². The zero-order valence-electron chi connectivity index (χ0n) is 23.8. The molecule has 0 spiro atoms. The standard InChI is InChI=1S/C31H50O5/c1-18(2)27(35-20(4)32)11-8-19(3)24-9-10-25-29-26(13-15-31(24,25)7)30(6)14-12-23(34)16-22(30)17-28(29)36-21(5)33/h18-19,22,24-29H,8-17H2,1-7H3/t19-,22-,24-,25+,26+,27-,28-,29+,30+,31-/m1/s1. The molecule has 0 bridgehead atoms. The summed E-state index contributed by atoms with van der Waals surface area (Å²) in [5, 5.41) is 0. The molecule has 0 heterocycles. The van der Waals surface area contributed by atoms with Crippen LogP contribution >= 0.6 is 0 Å². The summed E-state index contributed by atoms with van der Waals surface area (Å²) < 4.78 is 11.7. The van der Waals surface area contributed by atoms with Crippen LogP contribution in [0.15, 0.2) is 0 Å². The summed E-state index contributed by atoms with van der Waals surface area (Å²) >= 11 is 0. The largest absolute Gasteiger partial charge is 0.462 e. The topological polar surface area (TPSA) is 69.7 Å². The van der Waals surface area contributed by atoms with E-state index in [-0.39, 0.29) is 35.0 Å². The summed E-state index contributed by atoms with van der Waals surface area (Å²) in [6.07, 6.45) is 10.0. The molecule has 0 amide bonds. The second kappa shape index (κ2) is 10.4. The summed E-state index contributed by atoms with van der Waals surface area (Å²) in [4.78, 5) is 36.2. The molecular weight excluding hydrogens is 452 g/mol. The zero-order chi connectivity index (χ0) is 26.4. The molecule has 4 fully saturated rings. The number of ketones is 1. The van der Waals surface area contributed by atoms with Gasteiger partial charge in [0.05, 0.1) is 0 Å². The number of esters is 2. The number of carbonyl (C=O) groups excluding carboxylic acids is 3. The molecule has 36 heavy (non-hydrogen) atoms. The van der Waals surface area contributed by atoms with E-state index >= 15 is 0 Å². The number of Topliss-reactive ketones (excluding diaryl/α,β-unsaturated/α-hetero) is 1. The number of ether oxygens (including phenoxy) is 2. The molecule has 0 radical (unpaired) electrons. The molecule has 4 rings (SSSR count). The Labute approximate surface area is 218 Å². The summed E-state index contributed by atoms with van der Waals surface area (Å²) in [7, 11) is 0. The molecule has 10 atom stereocenters. The Bertz CT molecular complexity index is 850. The molecule has 4 aliphatic rings. The average Bonchev–Trinajstić information content (AvgIpc) is 3.14. The van der Waals surface area contributed by atoms with E-state index in [4.69, 9.17) is 9.47 Å². The van der Waals surface area contributed by atoms with Crippen molar-refractivity contribution in [2.45, 2.75) is 125 Å². The molecule has 0 aromatic rings. The normalized spacial score (nSPS) is 41.6. The molecule has 5 heteroatoms. The fraction of sp³-hybridized carbons (Fsp3) is 0.903. The highest BCUT2D eigenvalue weighted by molar-refractivity contribution is 5.79. The molecule has 0 aliphatic heterocycles. The van der Waals surface area contributed by atoms with Gasteiger partial charge in [-0.2, -0.15) is 0 Å². The Kier molecular flexibility index (Phi) is 7.99. The summed E-state index contributed by atoms with van der Waals surface area (Å²) in [6, 6.07) is 0. The van der Waals surface area contributed by atoms with Crippen LogP contribution in [0.2, 0.25) is 0 Å². The van der Waals surface area contributed by atoms with Gasteiger partial charge in [0.1, 0.15) is 18.0 Å². The van der Waals surface area contributed by atoms with Gasteiger partial charge in [0.25, 0.3) is 0 Å². The van der Waals surface area contributed by atoms with Crippen molar-refractivity contribution in [2.24, 2.45) is 52.3 Å². The maximum atomic E-state index is 12.4. The van der Waals surface area contributed by atoms with Crippen molar-refractivity contribution in [3.05, 3.63) is 0 Å².